The van der Waals surface area contributed by atoms with Gasteiger partial charge in [0.1, 0.15) is 0 Å². The quantitative estimate of drug-likeness (QED) is 0.776. The first-order valence-electron chi connectivity index (χ1n) is 6.30. The van der Waals surface area contributed by atoms with Crippen molar-refractivity contribution >= 4 is 11.8 Å². The molecule has 88 valence electrons. The van der Waals surface area contributed by atoms with Gasteiger partial charge in [0.05, 0.1) is 0 Å². The van der Waals surface area contributed by atoms with Crippen molar-refractivity contribution in [3.63, 3.8) is 0 Å². The lowest BCUT2D eigenvalue weighted by molar-refractivity contribution is 0.293. The van der Waals surface area contributed by atoms with Crippen molar-refractivity contribution < 1.29 is 0 Å². The molecule has 3 N–H and O–H groups in total. The second kappa shape index (κ2) is 5.07. The summed E-state index contributed by atoms with van der Waals surface area (Å²) in [5, 5.41) is 3.87. The Bertz CT molecular complexity index is 202. The molecular weight excluding hydrogens is 204 g/mol. The maximum atomic E-state index is 5.98. The maximum Gasteiger partial charge on any atom is 0.0397 e. The van der Waals surface area contributed by atoms with Gasteiger partial charge in [-0.2, -0.15) is 11.8 Å². The predicted octanol–water partition coefficient (Wildman–Crippen LogP) is 1.99. The summed E-state index contributed by atoms with van der Waals surface area (Å²) in [6, 6.07) is 0.738. The zero-order chi connectivity index (χ0) is 10.7. The summed E-state index contributed by atoms with van der Waals surface area (Å²) >= 11 is 2.07. The summed E-state index contributed by atoms with van der Waals surface area (Å²) in [6.07, 6.45) is 6.71. The number of thioether (sulfide) groups is 1. The molecule has 2 fully saturated rings. The molecule has 3 unspecified atom stereocenters. The van der Waals surface area contributed by atoms with Crippen LogP contribution in [0.2, 0.25) is 0 Å². The summed E-state index contributed by atoms with van der Waals surface area (Å²) in [6.45, 7) is 3.18. The van der Waals surface area contributed by atoms with E-state index in [1.54, 1.807) is 0 Å². The molecule has 15 heavy (non-hydrogen) atoms. The molecule has 1 aliphatic carbocycles. The molecule has 3 atom stereocenters. The SMILES string of the molecule is CC1CCC(NC2(CN)CCCSC2)C1. The van der Waals surface area contributed by atoms with Crippen LogP contribution in [0.1, 0.15) is 39.0 Å². The fourth-order valence-corrected chi connectivity index (χ4v) is 4.19. The third kappa shape index (κ3) is 2.89. The summed E-state index contributed by atoms with van der Waals surface area (Å²) in [5.41, 5.74) is 6.24. The van der Waals surface area contributed by atoms with Gasteiger partial charge < -0.3 is 11.1 Å². The van der Waals surface area contributed by atoms with E-state index in [-0.39, 0.29) is 5.54 Å². The van der Waals surface area contributed by atoms with Crippen LogP contribution in [0.3, 0.4) is 0 Å². The molecule has 3 heteroatoms. The summed E-state index contributed by atoms with van der Waals surface area (Å²) in [7, 11) is 0. The van der Waals surface area contributed by atoms with Crippen molar-refractivity contribution in [3.05, 3.63) is 0 Å². The van der Waals surface area contributed by atoms with Crippen LogP contribution < -0.4 is 11.1 Å². The first-order valence-corrected chi connectivity index (χ1v) is 7.45. The van der Waals surface area contributed by atoms with E-state index in [2.05, 4.69) is 24.0 Å². The molecule has 2 aliphatic rings. The average Bonchev–Trinajstić information content (AvgIpc) is 2.65. The van der Waals surface area contributed by atoms with E-state index in [0.29, 0.717) is 0 Å². The van der Waals surface area contributed by atoms with E-state index >= 15 is 0 Å². The smallest absolute Gasteiger partial charge is 0.0397 e. The average molecular weight is 228 g/mol. The normalized spacial score (nSPS) is 42.0. The largest absolute Gasteiger partial charge is 0.329 e. The first kappa shape index (κ1) is 11.7. The van der Waals surface area contributed by atoms with E-state index in [9.17, 15) is 0 Å². The second-order valence-corrected chi connectivity index (χ2v) is 6.51. The van der Waals surface area contributed by atoms with Crippen molar-refractivity contribution in [2.75, 3.05) is 18.1 Å². The summed E-state index contributed by atoms with van der Waals surface area (Å²) < 4.78 is 0. The molecule has 0 radical (unpaired) electrons. The molecule has 0 spiro atoms. The van der Waals surface area contributed by atoms with Crippen LogP contribution in [0.4, 0.5) is 0 Å². The van der Waals surface area contributed by atoms with Gasteiger partial charge >= 0.3 is 0 Å². The zero-order valence-corrected chi connectivity index (χ0v) is 10.6. The van der Waals surface area contributed by atoms with Gasteiger partial charge in [0.15, 0.2) is 0 Å². The van der Waals surface area contributed by atoms with Crippen LogP contribution in [-0.2, 0) is 0 Å². The Morgan fingerprint density at radius 3 is 2.87 bits per heavy atom. The van der Waals surface area contributed by atoms with Crippen LogP contribution in [0.25, 0.3) is 0 Å². The first-order chi connectivity index (χ1) is 7.24. The predicted molar refractivity (Wildman–Crippen MR) is 68.3 cm³/mol. The molecule has 0 bridgehead atoms. The van der Waals surface area contributed by atoms with Crippen molar-refractivity contribution in [1.29, 1.82) is 0 Å². The number of nitrogens with one attached hydrogen (secondary N) is 1. The maximum absolute atomic E-state index is 5.98. The van der Waals surface area contributed by atoms with Gasteiger partial charge in [-0.05, 0) is 43.8 Å². The molecule has 1 aliphatic heterocycles. The van der Waals surface area contributed by atoms with Crippen molar-refractivity contribution in [2.45, 2.75) is 50.6 Å². The van der Waals surface area contributed by atoms with E-state index in [1.165, 1.54) is 43.6 Å². The molecule has 0 amide bonds. The zero-order valence-electron chi connectivity index (χ0n) is 9.80. The Hall–Kier alpha value is 0.270. The van der Waals surface area contributed by atoms with Gasteiger partial charge in [0.2, 0.25) is 0 Å². The number of rotatable bonds is 3. The van der Waals surface area contributed by atoms with E-state index in [4.69, 9.17) is 5.73 Å². The Morgan fingerprint density at radius 2 is 2.33 bits per heavy atom. The van der Waals surface area contributed by atoms with Crippen molar-refractivity contribution in [3.8, 4) is 0 Å². The Labute approximate surface area is 97.8 Å². The van der Waals surface area contributed by atoms with E-state index in [0.717, 1.165) is 18.5 Å². The lowest BCUT2D eigenvalue weighted by Gasteiger charge is -2.39. The van der Waals surface area contributed by atoms with Gasteiger partial charge in [-0.25, -0.2) is 0 Å². The number of hydrogen-bond acceptors (Lipinski definition) is 3. The molecule has 0 aromatic heterocycles. The van der Waals surface area contributed by atoms with Crippen LogP contribution in [0.15, 0.2) is 0 Å². The van der Waals surface area contributed by atoms with Gasteiger partial charge in [0.25, 0.3) is 0 Å². The summed E-state index contributed by atoms with van der Waals surface area (Å²) in [4.78, 5) is 0. The Kier molecular flexibility index (Phi) is 3.97. The van der Waals surface area contributed by atoms with Crippen LogP contribution in [0, 0.1) is 5.92 Å². The monoisotopic (exact) mass is 228 g/mol. The standard InChI is InChI=1S/C12H24N2S/c1-10-3-4-11(7-10)14-12(8-13)5-2-6-15-9-12/h10-11,14H,2-9,13H2,1H3. The molecule has 1 heterocycles. The number of nitrogens with two attached hydrogens (primary N) is 1. The highest BCUT2D eigenvalue weighted by molar-refractivity contribution is 7.99. The van der Waals surface area contributed by atoms with Gasteiger partial charge in [-0.3, -0.25) is 0 Å². The Balaban J connectivity index is 1.89. The topological polar surface area (TPSA) is 38.0 Å². The van der Waals surface area contributed by atoms with Crippen molar-refractivity contribution in [2.24, 2.45) is 11.7 Å². The van der Waals surface area contributed by atoms with Crippen LogP contribution >= 0.6 is 11.8 Å². The van der Waals surface area contributed by atoms with Gasteiger partial charge in [-0.1, -0.05) is 6.92 Å². The fourth-order valence-electron chi connectivity index (χ4n) is 2.96. The highest BCUT2D eigenvalue weighted by atomic mass is 32.2. The lowest BCUT2D eigenvalue weighted by atomic mass is 9.94. The van der Waals surface area contributed by atoms with Gasteiger partial charge in [-0.15, -0.1) is 0 Å². The lowest BCUT2D eigenvalue weighted by Crippen LogP contribution is -2.57. The molecule has 1 saturated heterocycles. The molecule has 1 saturated carbocycles. The highest BCUT2D eigenvalue weighted by Crippen LogP contribution is 2.31. The molecule has 2 rings (SSSR count). The molecule has 2 nitrogen and oxygen atoms in total. The molecule has 0 aromatic rings. The minimum atomic E-state index is 0.262. The third-order valence-electron chi connectivity index (χ3n) is 3.92. The van der Waals surface area contributed by atoms with Crippen molar-refractivity contribution in [1.82, 2.24) is 5.32 Å². The minimum absolute atomic E-state index is 0.262. The Morgan fingerprint density at radius 1 is 1.47 bits per heavy atom. The van der Waals surface area contributed by atoms with E-state index < -0.39 is 0 Å². The molecule has 0 aromatic carbocycles. The van der Waals surface area contributed by atoms with Crippen LogP contribution in [0.5, 0.6) is 0 Å². The summed E-state index contributed by atoms with van der Waals surface area (Å²) in [5.74, 6) is 3.45. The fraction of sp³-hybridized carbons (Fsp3) is 1.00. The highest BCUT2D eigenvalue weighted by Gasteiger charge is 2.34. The minimum Gasteiger partial charge on any atom is -0.329 e. The van der Waals surface area contributed by atoms with E-state index in [1.807, 2.05) is 0 Å². The molecular formula is C12H24N2S. The number of hydrogen-bond donors (Lipinski definition) is 2. The van der Waals surface area contributed by atoms with Gasteiger partial charge in [0, 0.05) is 23.9 Å². The van der Waals surface area contributed by atoms with Crippen LogP contribution in [-0.4, -0.2) is 29.6 Å². The third-order valence-corrected chi connectivity index (χ3v) is 5.25. The second-order valence-electron chi connectivity index (χ2n) is 5.40.